The number of aryl methyl sites for hydroxylation is 1. The highest BCUT2D eigenvalue weighted by Crippen LogP contribution is 2.28. The van der Waals surface area contributed by atoms with E-state index in [1.165, 1.54) is 0 Å². The van der Waals surface area contributed by atoms with E-state index in [4.69, 9.17) is 0 Å². The summed E-state index contributed by atoms with van der Waals surface area (Å²) in [6.07, 6.45) is 7.30. The Hall–Kier alpha value is -2.56. The van der Waals surface area contributed by atoms with Gasteiger partial charge >= 0.3 is 0 Å². The van der Waals surface area contributed by atoms with Crippen molar-refractivity contribution in [1.29, 1.82) is 0 Å². The fraction of sp³-hybridized carbons (Fsp3) is 0.368. The summed E-state index contributed by atoms with van der Waals surface area (Å²) in [5, 5.41) is 0.879. The average molecular weight is 322 g/mol. The van der Waals surface area contributed by atoms with Crippen LogP contribution in [0, 0.1) is 12.3 Å². The number of carbonyl (C=O) groups is 1. The first kappa shape index (κ1) is 16.3. The van der Waals surface area contributed by atoms with Crippen LogP contribution in [0.5, 0.6) is 0 Å². The van der Waals surface area contributed by atoms with Crippen molar-refractivity contribution in [3.63, 3.8) is 0 Å². The molecule has 0 aliphatic heterocycles. The zero-order chi connectivity index (χ0) is 17.5. The molecule has 0 N–H and O–H groups in total. The lowest BCUT2D eigenvalue weighted by Gasteiger charge is -2.19. The molecule has 3 aromatic rings. The maximum atomic E-state index is 12.1. The van der Waals surface area contributed by atoms with E-state index in [9.17, 15) is 4.79 Å². The summed E-state index contributed by atoms with van der Waals surface area (Å²) in [6, 6.07) is 2.01. The molecule has 3 heterocycles. The second kappa shape index (κ2) is 5.82. The van der Waals surface area contributed by atoms with E-state index in [-0.39, 0.29) is 11.2 Å². The monoisotopic (exact) mass is 322 g/mol. The molecule has 3 aromatic heterocycles. The molecule has 0 aromatic carbocycles. The lowest BCUT2D eigenvalue weighted by Crippen LogP contribution is -2.15. The van der Waals surface area contributed by atoms with Crippen molar-refractivity contribution in [2.45, 2.75) is 41.2 Å². The molecule has 3 rings (SSSR count). The van der Waals surface area contributed by atoms with Crippen LogP contribution in [-0.4, -0.2) is 25.3 Å². The molecule has 24 heavy (non-hydrogen) atoms. The fourth-order valence-electron chi connectivity index (χ4n) is 2.78. The first-order chi connectivity index (χ1) is 11.2. The number of rotatable bonds is 3. The van der Waals surface area contributed by atoms with Crippen LogP contribution < -0.4 is 0 Å². The van der Waals surface area contributed by atoms with Gasteiger partial charge in [0.2, 0.25) is 0 Å². The van der Waals surface area contributed by atoms with E-state index < -0.39 is 0 Å². The van der Waals surface area contributed by atoms with E-state index >= 15 is 0 Å². The third kappa shape index (κ3) is 3.20. The van der Waals surface area contributed by atoms with Gasteiger partial charge in [0.15, 0.2) is 5.78 Å². The second-order valence-electron chi connectivity index (χ2n) is 7.40. The van der Waals surface area contributed by atoms with Crippen molar-refractivity contribution in [2.24, 2.45) is 5.41 Å². The molecular weight excluding hydrogens is 300 g/mol. The molecule has 124 valence electrons. The number of fused-ring (bicyclic) bond motifs is 1. The summed E-state index contributed by atoms with van der Waals surface area (Å²) in [5.74, 6) is 0.778. The van der Waals surface area contributed by atoms with Gasteiger partial charge in [-0.25, -0.2) is 15.0 Å². The smallest absolute Gasteiger partial charge is 0.162 e. The fourth-order valence-corrected chi connectivity index (χ4v) is 2.78. The van der Waals surface area contributed by atoms with Gasteiger partial charge < -0.3 is 4.57 Å². The number of Topliss-reactive ketones (excluding diaryl/α,β-unsaturated/α-hetero) is 1. The van der Waals surface area contributed by atoms with Crippen molar-refractivity contribution in [3.8, 4) is 11.1 Å². The van der Waals surface area contributed by atoms with E-state index in [0.29, 0.717) is 5.56 Å². The molecular formula is C19H22N4O. The van der Waals surface area contributed by atoms with Gasteiger partial charge in [0.1, 0.15) is 11.5 Å². The van der Waals surface area contributed by atoms with Crippen LogP contribution in [0.1, 0.15) is 43.9 Å². The quantitative estimate of drug-likeness (QED) is 0.683. The predicted octanol–water partition coefficient (Wildman–Crippen LogP) is 4.05. The minimum atomic E-state index is 0.0479. The van der Waals surface area contributed by atoms with E-state index in [1.807, 2.05) is 25.4 Å². The Morgan fingerprint density at radius 3 is 2.29 bits per heavy atom. The van der Waals surface area contributed by atoms with Crippen LogP contribution in [0.3, 0.4) is 0 Å². The van der Waals surface area contributed by atoms with Gasteiger partial charge in [-0.15, -0.1) is 0 Å². The number of carbonyl (C=O) groups excluding carboxylic acids is 1. The molecule has 5 nitrogen and oxygen atoms in total. The van der Waals surface area contributed by atoms with Gasteiger partial charge in [-0.2, -0.15) is 0 Å². The standard InChI is InChI=1S/C19H22N4O/c1-12(24)17-10-23(11-19(3,4)5)18-16(17)6-14(7-22-18)15-8-20-13(2)21-9-15/h6-10H,11H2,1-5H3. The molecule has 0 aliphatic carbocycles. The van der Waals surface area contributed by atoms with Crippen molar-refractivity contribution in [2.75, 3.05) is 0 Å². The predicted molar refractivity (Wildman–Crippen MR) is 95.0 cm³/mol. The maximum Gasteiger partial charge on any atom is 0.162 e. The van der Waals surface area contributed by atoms with Crippen molar-refractivity contribution < 1.29 is 4.79 Å². The van der Waals surface area contributed by atoms with Crippen LogP contribution in [0.2, 0.25) is 0 Å². The highest BCUT2D eigenvalue weighted by atomic mass is 16.1. The van der Waals surface area contributed by atoms with Crippen molar-refractivity contribution >= 4 is 16.8 Å². The van der Waals surface area contributed by atoms with Gasteiger partial charge in [-0.05, 0) is 25.3 Å². The molecule has 0 atom stereocenters. The molecule has 0 saturated heterocycles. The molecule has 0 fully saturated rings. The van der Waals surface area contributed by atoms with Crippen molar-refractivity contribution in [1.82, 2.24) is 19.5 Å². The first-order valence-corrected chi connectivity index (χ1v) is 8.03. The average Bonchev–Trinajstić information content (AvgIpc) is 2.84. The Bertz CT molecular complexity index is 902. The molecule has 0 unspecified atom stereocenters. The van der Waals surface area contributed by atoms with Crippen LogP contribution in [0.4, 0.5) is 0 Å². The Morgan fingerprint density at radius 1 is 1.08 bits per heavy atom. The maximum absolute atomic E-state index is 12.1. The summed E-state index contributed by atoms with van der Waals surface area (Å²) in [4.78, 5) is 25.2. The molecule has 0 spiro atoms. The van der Waals surface area contributed by atoms with Gasteiger partial charge in [-0.3, -0.25) is 4.79 Å². The molecule has 0 radical (unpaired) electrons. The topological polar surface area (TPSA) is 60.7 Å². The van der Waals surface area contributed by atoms with E-state index in [2.05, 4.69) is 40.3 Å². The minimum Gasteiger partial charge on any atom is -0.331 e. The van der Waals surface area contributed by atoms with E-state index in [0.717, 1.165) is 34.5 Å². The molecule has 5 heteroatoms. The van der Waals surface area contributed by atoms with E-state index in [1.54, 1.807) is 19.3 Å². The van der Waals surface area contributed by atoms with Crippen LogP contribution >= 0.6 is 0 Å². The largest absolute Gasteiger partial charge is 0.331 e. The Morgan fingerprint density at radius 2 is 1.71 bits per heavy atom. The summed E-state index contributed by atoms with van der Waals surface area (Å²) in [5.41, 5.74) is 3.46. The number of aromatic nitrogens is 4. The number of hydrogen-bond donors (Lipinski definition) is 0. The lowest BCUT2D eigenvalue weighted by molar-refractivity contribution is 0.101. The molecule has 0 aliphatic rings. The first-order valence-electron chi connectivity index (χ1n) is 8.03. The van der Waals surface area contributed by atoms with Gasteiger partial charge in [-0.1, -0.05) is 20.8 Å². The highest BCUT2D eigenvalue weighted by molar-refractivity contribution is 6.06. The molecule has 0 bridgehead atoms. The highest BCUT2D eigenvalue weighted by Gasteiger charge is 2.18. The SMILES string of the molecule is CC(=O)c1cn(CC(C)(C)C)c2ncc(-c3cnc(C)nc3)cc12. The Labute approximate surface area is 141 Å². The van der Waals surface area contributed by atoms with Crippen molar-refractivity contribution in [3.05, 3.63) is 42.2 Å². The van der Waals surface area contributed by atoms with Crippen LogP contribution in [0.15, 0.2) is 30.9 Å². The summed E-state index contributed by atoms with van der Waals surface area (Å²) < 4.78 is 2.07. The zero-order valence-electron chi connectivity index (χ0n) is 14.8. The van der Waals surface area contributed by atoms with Crippen LogP contribution in [0.25, 0.3) is 22.2 Å². The Balaban J connectivity index is 2.16. The second-order valence-corrected chi connectivity index (χ2v) is 7.40. The van der Waals surface area contributed by atoms with Gasteiger partial charge in [0.25, 0.3) is 0 Å². The summed E-state index contributed by atoms with van der Waals surface area (Å²) in [6.45, 7) is 10.8. The zero-order valence-corrected chi connectivity index (χ0v) is 14.8. The minimum absolute atomic E-state index is 0.0479. The summed E-state index contributed by atoms with van der Waals surface area (Å²) in [7, 11) is 0. The summed E-state index contributed by atoms with van der Waals surface area (Å²) >= 11 is 0. The Kier molecular flexibility index (Phi) is 3.95. The normalized spacial score (nSPS) is 11.9. The third-order valence-corrected chi connectivity index (χ3v) is 3.85. The number of ketones is 1. The van der Waals surface area contributed by atoms with Gasteiger partial charge in [0, 0.05) is 53.4 Å². The third-order valence-electron chi connectivity index (χ3n) is 3.85. The lowest BCUT2D eigenvalue weighted by atomic mass is 9.97. The van der Waals surface area contributed by atoms with Crippen LogP contribution in [-0.2, 0) is 6.54 Å². The molecule has 0 saturated carbocycles. The number of nitrogens with zero attached hydrogens (tertiary/aromatic N) is 4. The number of pyridine rings is 1. The number of hydrogen-bond acceptors (Lipinski definition) is 4. The molecule has 0 amide bonds. The van der Waals surface area contributed by atoms with Gasteiger partial charge in [0.05, 0.1) is 0 Å².